The molecule has 10 heteroatoms. The van der Waals surface area contributed by atoms with Gasteiger partial charge in [0.05, 0.1) is 11.1 Å². The third-order valence-corrected chi connectivity index (χ3v) is 4.51. The zero-order chi connectivity index (χ0) is 17.7. The van der Waals surface area contributed by atoms with E-state index in [4.69, 9.17) is 0 Å². The number of nitrogens with zero attached hydrogens (tertiary/aromatic N) is 1. The summed E-state index contributed by atoms with van der Waals surface area (Å²) < 4.78 is 77.2. The van der Waals surface area contributed by atoms with E-state index in [0.29, 0.717) is 38.3 Å². The van der Waals surface area contributed by atoms with E-state index in [2.05, 4.69) is 5.32 Å². The lowest BCUT2D eigenvalue weighted by Crippen LogP contribution is -2.32. The molecule has 0 unspecified atom stereocenters. The normalized spacial score (nSPS) is 23.4. The minimum Gasteiger partial charge on any atom is -0.338 e. The average molecular weight is 389 g/mol. The molecule has 0 radical (unpaired) electrons. The number of likely N-dealkylation sites (tertiary alicyclic amines) is 1. The maximum Gasteiger partial charge on any atom is 0.416 e. The highest BCUT2D eigenvalue weighted by atomic mass is 35.5. The first-order valence-electron chi connectivity index (χ1n) is 7.35. The number of hydrogen-bond donors (Lipinski definition) is 1. The maximum absolute atomic E-state index is 12.9. The SMILES string of the molecule is Cl.O=C(c1cc(C(F)(F)F)cc(C(F)(F)F)c1)N1C[C@H]2CNC[C@H]2C1. The number of nitrogens with one attached hydrogen (secondary N) is 1. The summed E-state index contributed by atoms with van der Waals surface area (Å²) in [7, 11) is 0. The highest BCUT2D eigenvalue weighted by Gasteiger charge is 2.41. The van der Waals surface area contributed by atoms with Gasteiger partial charge in [0.15, 0.2) is 0 Å². The van der Waals surface area contributed by atoms with E-state index < -0.39 is 35.0 Å². The van der Waals surface area contributed by atoms with E-state index in [9.17, 15) is 31.1 Å². The second-order valence-corrected chi connectivity index (χ2v) is 6.18. The summed E-state index contributed by atoms with van der Waals surface area (Å²) in [6, 6.07) is 1.01. The Hall–Kier alpha value is -1.48. The van der Waals surface area contributed by atoms with Crippen LogP contribution in [-0.4, -0.2) is 37.0 Å². The van der Waals surface area contributed by atoms with Gasteiger partial charge in [-0.3, -0.25) is 4.79 Å². The number of halogens is 7. The summed E-state index contributed by atoms with van der Waals surface area (Å²) in [6.45, 7) is 2.08. The fourth-order valence-electron chi connectivity index (χ4n) is 3.28. The molecule has 3 rings (SSSR count). The van der Waals surface area contributed by atoms with Gasteiger partial charge in [-0.05, 0) is 30.0 Å². The molecule has 2 aliphatic heterocycles. The van der Waals surface area contributed by atoms with Gasteiger partial charge in [0.25, 0.3) is 5.91 Å². The summed E-state index contributed by atoms with van der Waals surface area (Å²) in [6.07, 6.45) is -9.91. The highest BCUT2D eigenvalue weighted by Crippen LogP contribution is 2.37. The number of hydrogen-bond acceptors (Lipinski definition) is 2. The van der Waals surface area contributed by atoms with Crippen LogP contribution in [0.5, 0.6) is 0 Å². The third kappa shape index (κ3) is 4.03. The minimum atomic E-state index is -4.96. The Kier molecular flexibility index (Phi) is 5.30. The van der Waals surface area contributed by atoms with E-state index in [0.717, 1.165) is 0 Å². The third-order valence-electron chi connectivity index (χ3n) is 4.51. The molecular formula is C15H15ClF6N2O. The molecule has 2 saturated heterocycles. The molecule has 0 spiro atoms. The Labute approximate surface area is 145 Å². The Morgan fingerprint density at radius 2 is 1.36 bits per heavy atom. The maximum atomic E-state index is 12.9. The molecule has 2 heterocycles. The van der Waals surface area contributed by atoms with E-state index in [1.165, 1.54) is 4.90 Å². The molecule has 1 amide bonds. The van der Waals surface area contributed by atoms with Gasteiger partial charge < -0.3 is 10.2 Å². The molecule has 2 aliphatic rings. The molecule has 0 aliphatic carbocycles. The molecule has 1 aromatic carbocycles. The van der Waals surface area contributed by atoms with Crippen LogP contribution in [0.3, 0.4) is 0 Å². The first kappa shape index (κ1) is 19.8. The van der Waals surface area contributed by atoms with Crippen molar-refractivity contribution >= 4 is 18.3 Å². The van der Waals surface area contributed by atoms with Crippen LogP contribution >= 0.6 is 12.4 Å². The molecule has 0 aromatic heterocycles. The predicted molar refractivity (Wildman–Crippen MR) is 79.4 cm³/mol. The van der Waals surface area contributed by atoms with Crippen molar-refractivity contribution in [3.63, 3.8) is 0 Å². The van der Waals surface area contributed by atoms with Gasteiger partial charge in [-0.1, -0.05) is 0 Å². The first-order chi connectivity index (χ1) is 11.1. The van der Waals surface area contributed by atoms with Crippen LogP contribution in [0.1, 0.15) is 21.5 Å². The van der Waals surface area contributed by atoms with Crippen LogP contribution < -0.4 is 5.32 Å². The van der Waals surface area contributed by atoms with Crippen molar-refractivity contribution in [3.05, 3.63) is 34.9 Å². The monoisotopic (exact) mass is 388 g/mol. The van der Waals surface area contributed by atoms with Crippen molar-refractivity contribution in [2.24, 2.45) is 11.8 Å². The zero-order valence-corrected chi connectivity index (χ0v) is 13.6. The zero-order valence-electron chi connectivity index (χ0n) is 12.7. The number of fused-ring (bicyclic) bond motifs is 1. The van der Waals surface area contributed by atoms with E-state index in [1.54, 1.807) is 0 Å². The van der Waals surface area contributed by atoms with Crippen LogP contribution in [0.25, 0.3) is 0 Å². The van der Waals surface area contributed by atoms with Crippen LogP contribution in [-0.2, 0) is 12.4 Å². The van der Waals surface area contributed by atoms with Gasteiger partial charge in [-0.15, -0.1) is 12.4 Å². The van der Waals surface area contributed by atoms with Crippen molar-refractivity contribution in [2.45, 2.75) is 12.4 Å². The lowest BCUT2D eigenvalue weighted by Gasteiger charge is -2.20. The first-order valence-corrected chi connectivity index (χ1v) is 7.35. The van der Waals surface area contributed by atoms with Crippen molar-refractivity contribution in [3.8, 4) is 0 Å². The molecule has 2 fully saturated rings. The lowest BCUT2D eigenvalue weighted by molar-refractivity contribution is -0.143. The van der Waals surface area contributed by atoms with Crippen LogP contribution in [0.4, 0.5) is 26.3 Å². The average Bonchev–Trinajstić information content (AvgIpc) is 3.05. The van der Waals surface area contributed by atoms with Crippen molar-refractivity contribution in [2.75, 3.05) is 26.2 Å². The van der Waals surface area contributed by atoms with Crippen molar-refractivity contribution < 1.29 is 31.1 Å². The summed E-state index contributed by atoms with van der Waals surface area (Å²) in [4.78, 5) is 13.7. The minimum absolute atomic E-state index is 0. The molecule has 1 aromatic rings. The van der Waals surface area contributed by atoms with Crippen LogP contribution in [0.2, 0.25) is 0 Å². The number of carbonyl (C=O) groups is 1. The van der Waals surface area contributed by atoms with Gasteiger partial charge in [-0.25, -0.2) is 0 Å². The van der Waals surface area contributed by atoms with E-state index >= 15 is 0 Å². The summed E-state index contributed by atoms with van der Waals surface area (Å²) in [5, 5.41) is 3.15. The molecule has 3 nitrogen and oxygen atoms in total. The predicted octanol–water partition coefficient (Wildman–Crippen LogP) is 3.44. The van der Waals surface area contributed by atoms with Gasteiger partial charge in [0.2, 0.25) is 0 Å². The summed E-state index contributed by atoms with van der Waals surface area (Å²) >= 11 is 0. The molecule has 25 heavy (non-hydrogen) atoms. The van der Waals surface area contributed by atoms with E-state index in [1.807, 2.05) is 0 Å². The van der Waals surface area contributed by atoms with Gasteiger partial charge in [0, 0.05) is 31.7 Å². The largest absolute Gasteiger partial charge is 0.416 e. The summed E-state index contributed by atoms with van der Waals surface area (Å²) in [5.41, 5.74) is -3.52. The molecular weight excluding hydrogens is 374 g/mol. The van der Waals surface area contributed by atoms with Crippen LogP contribution in [0, 0.1) is 11.8 Å². The van der Waals surface area contributed by atoms with Crippen molar-refractivity contribution in [1.29, 1.82) is 0 Å². The van der Waals surface area contributed by atoms with Gasteiger partial charge >= 0.3 is 12.4 Å². The number of benzene rings is 1. The Morgan fingerprint density at radius 3 is 1.76 bits per heavy atom. The quantitative estimate of drug-likeness (QED) is 0.748. The number of carbonyl (C=O) groups excluding carboxylic acids is 1. The Balaban J connectivity index is 0.00000225. The van der Waals surface area contributed by atoms with Gasteiger partial charge in [-0.2, -0.15) is 26.3 Å². The Bertz CT molecular complexity index is 616. The Morgan fingerprint density at radius 1 is 0.920 bits per heavy atom. The molecule has 140 valence electrons. The second kappa shape index (κ2) is 6.68. The number of rotatable bonds is 1. The second-order valence-electron chi connectivity index (χ2n) is 6.18. The summed E-state index contributed by atoms with van der Waals surface area (Å²) in [5.74, 6) is -0.398. The molecule has 0 bridgehead atoms. The standard InChI is InChI=1S/C15H14F6N2O.ClH/c16-14(17,18)11-1-8(2-12(3-11)15(19,20)21)13(24)23-6-9-4-22-5-10(9)7-23;/h1-3,9-10,22H,4-7H2;1H/t9-,10+;. The highest BCUT2D eigenvalue weighted by molar-refractivity contribution is 5.95. The van der Waals surface area contributed by atoms with Gasteiger partial charge in [0.1, 0.15) is 0 Å². The van der Waals surface area contributed by atoms with Crippen molar-refractivity contribution in [1.82, 2.24) is 10.2 Å². The molecule has 2 atom stereocenters. The molecule has 1 N–H and O–H groups in total. The number of amides is 1. The lowest BCUT2D eigenvalue weighted by atomic mass is 10.0. The van der Waals surface area contributed by atoms with Crippen LogP contribution in [0.15, 0.2) is 18.2 Å². The molecule has 0 saturated carbocycles. The number of alkyl halides is 6. The fraction of sp³-hybridized carbons (Fsp3) is 0.533. The smallest absolute Gasteiger partial charge is 0.338 e. The van der Waals surface area contributed by atoms with E-state index in [-0.39, 0.29) is 30.3 Å². The topological polar surface area (TPSA) is 32.3 Å². The fourth-order valence-corrected chi connectivity index (χ4v) is 3.28.